The van der Waals surface area contributed by atoms with Crippen molar-refractivity contribution in [2.24, 2.45) is 0 Å². The van der Waals surface area contributed by atoms with Crippen molar-refractivity contribution in [2.45, 2.75) is 96.8 Å². The number of aromatic nitrogens is 1. The molecule has 2 aromatic carbocycles. The largest absolute Gasteiger partial charge is 0.457 e. The Morgan fingerprint density at radius 2 is 1.61 bits per heavy atom. The number of hydrogen-bond donors (Lipinski definition) is 1. The maximum absolute atomic E-state index is 12.7. The highest BCUT2D eigenvalue weighted by atomic mass is 32.2. The molecule has 0 spiro atoms. The number of rotatable bonds is 13. The van der Waals surface area contributed by atoms with Gasteiger partial charge in [0.15, 0.2) is 12.2 Å². The van der Waals surface area contributed by atoms with E-state index in [1.54, 1.807) is 39.0 Å². The van der Waals surface area contributed by atoms with Gasteiger partial charge in [0.25, 0.3) is 5.22 Å². The highest BCUT2D eigenvalue weighted by Crippen LogP contribution is 2.33. The lowest BCUT2D eigenvalue weighted by atomic mass is 9.92. The normalized spacial score (nSPS) is 11.7. The van der Waals surface area contributed by atoms with E-state index in [-0.39, 0.29) is 11.5 Å². The van der Waals surface area contributed by atoms with Gasteiger partial charge >= 0.3 is 11.9 Å². The maximum Gasteiger partial charge on any atom is 0.344 e. The molecule has 8 nitrogen and oxygen atoms in total. The Morgan fingerprint density at radius 3 is 2.24 bits per heavy atom. The molecule has 0 aliphatic heterocycles. The summed E-state index contributed by atoms with van der Waals surface area (Å²) in [7, 11) is 0. The third-order valence-electron chi connectivity index (χ3n) is 6.27. The lowest BCUT2D eigenvalue weighted by Gasteiger charge is -2.20. The fraction of sp³-hybridized carbons (Fsp3) is 0.500. The van der Waals surface area contributed by atoms with E-state index < -0.39 is 24.1 Å². The summed E-state index contributed by atoms with van der Waals surface area (Å²) in [6.45, 7) is 13.3. The number of oxazole rings is 1. The van der Waals surface area contributed by atoms with Crippen LogP contribution in [-0.2, 0) is 19.1 Å². The molecule has 0 aliphatic carbocycles. The molecular formula is C32H42N2O6S. The number of esters is 2. The van der Waals surface area contributed by atoms with Crippen LogP contribution in [0.15, 0.2) is 46.0 Å². The molecule has 0 radical (unpaired) electrons. The molecule has 1 N–H and O–H groups in total. The van der Waals surface area contributed by atoms with Gasteiger partial charge in [0.2, 0.25) is 5.91 Å². The fourth-order valence-corrected chi connectivity index (χ4v) is 5.17. The number of nitrogens with zero attached hydrogens (tertiary/aromatic N) is 1. The number of hydrogen-bond acceptors (Lipinski definition) is 8. The summed E-state index contributed by atoms with van der Waals surface area (Å²) in [5, 5.41) is 3.64. The van der Waals surface area contributed by atoms with E-state index in [9.17, 15) is 14.4 Å². The number of unbranched alkanes of at least 4 members (excludes halogenated alkanes) is 2. The lowest BCUT2D eigenvalue weighted by Crippen LogP contribution is -2.27. The van der Waals surface area contributed by atoms with Gasteiger partial charge in [-0.15, -0.1) is 0 Å². The van der Waals surface area contributed by atoms with E-state index in [1.165, 1.54) is 22.9 Å². The Labute approximate surface area is 247 Å². The van der Waals surface area contributed by atoms with Crippen LogP contribution in [-0.4, -0.2) is 40.8 Å². The first-order chi connectivity index (χ1) is 19.4. The summed E-state index contributed by atoms with van der Waals surface area (Å²) in [6.07, 6.45) is 3.04. The fourth-order valence-electron chi connectivity index (χ4n) is 4.35. The summed E-state index contributed by atoms with van der Waals surface area (Å²) in [5.41, 5.74) is 3.70. The number of carbonyl (C=O) groups excluding carboxylic acids is 3. The summed E-state index contributed by atoms with van der Waals surface area (Å²) in [4.78, 5) is 41.7. The van der Waals surface area contributed by atoms with Crippen LogP contribution < -0.4 is 5.32 Å². The number of nitrogens with one attached hydrogen (secondary N) is 1. The first kappa shape index (κ1) is 32.2. The van der Waals surface area contributed by atoms with Crippen molar-refractivity contribution in [3.05, 3.63) is 53.1 Å². The zero-order valence-corrected chi connectivity index (χ0v) is 26.0. The van der Waals surface area contributed by atoms with Crippen molar-refractivity contribution >= 4 is 46.4 Å². The highest BCUT2D eigenvalue weighted by Gasteiger charge is 2.21. The first-order valence-corrected chi connectivity index (χ1v) is 15.2. The molecule has 222 valence electrons. The van der Waals surface area contributed by atoms with Gasteiger partial charge in [0, 0.05) is 17.9 Å². The van der Waals surface area contributed by atoms with E-state index in [4.69, 9.17) is 13.9 Å². The molecule has 9 heteroatoms. The van der Waals surface area contributed by atoms with Crippen molar-refractivity contribution in [1.82, 2.24) is 4.98 Å². The molecule has 41 heavy (non-hydrogen) atoms. The molecule has 0 aliphatic rings. The number of benzene rings is 2. The number of thioether (sulfide) groups is 1. The summed E-state index contributed by atoms with van der Waals surface area (Å²) in [6, 6.07) is 11.3. The van der Waals surface area contributed by atoms with Gasteiger partial charge in [-0.3, -0.25) is 4.79 Å². The third-order valence-corrected chi connectivity index (χ3v) is 7.18. The number of carbonyl (C=O) groups is 3. The van der Waals surface area contributed by atoms with E-state index in [1.807, 2.05) is 0 Å². The molecule has 1 amide bonds. The van der Waals surface area contributed by atoms with Gasteiger partial charge in [0.1, 0.15) is 16.7 Å². The van der Waals surface area contributed by atoms with Gasteiger partial charge in [-0.1, -0.05) is 70.1 Å². The van der Waals surface area contributed by atoms with Crippen molar-refractivity contribution in [3.8, 4) is 0 Å². The zero-order valence-electron chi connectivity index (χ0n) is 25.2. The predicted molar refractivity (Wildman–Crippen MR) is 163 cm³/mol. The van der Waals surface area contributed by atoms with Crippen LogP contribution >= 0.6 is 11.8 Å². The van der Waals surface area contributed by atoms with Gasteiger partial charge < -0.3 is 19.2 Å². The smallest absolute Gasteiger partial charge is 0.344 e. The first-order valence-electron chi connectivity index (χ1n) is 14.2. The van der Waals surface area contributed by atoms with Crippen LogP contribution in [0, 0.1) is 0 Å². The minimum Gasteiger partial charge on any atom is -0.457 e. The average molecular weight is 583 g/mol. The van der Waals surface area contributed by atoms with Gasteiger partial charge in [-0.05, 0) is 68.7 Å². The van der Waals surface area contributed by atoms with E-state index in [0.717, 1.165) is 30.7 Å². The standard InChI is InChI=1S/C32H42N2O6S/c1-20(2)22-13-11-14-23(21(3)4)28(22)34-26(35)17-9-8-10-18-41-31-33-25-16-12-15-24(29(25)39-31)30(37)38-19-27(36)40-32(5,6)7/h11-16,20-21H,8-10,17-19H2,1-7H3,(H,34,35). The second-order valence-corrected chi connectivity index (χ2v) is 12.7. The summed E-state index contributed by atoms with van der Waals surface area (Å²) in [5.74, 6) is 0.158. The Balaban J connectivity index is 1.46. The Kier molecular flexibility index (Phi) is 11.4. The molecule has 1 heterocycles. The molecule has 3 rings (SSSR count). The monoisotopic (exact) mass is 582 g/mol. The van der Waals surface area contributed by atoms with Crippen molar-refractivity contribution in [2.75, 3.05) is 17.7 Å². The van der Waals surface area contributed by atoms with Crippen LogP contribution in [0.25, 0.3) is 11.1 Å². The maximum atomic E-state index is 12.7. The lowest BCUT2D eigenvalue weighted by molar-refractivity contribution is -0.158. The van der Waals surface area contributed by atoms with Gasteiger partial charge in [-0.2, -0.15) is 0 Å². The predicted octanol–water partition coefficient (Wildman–Crippen LogP) is 7.86. The third kappa shape index (κ3) is 9.63. The van der Waals surface area contributed by atoms with Crippen LogP contribution in [0.1, 0.15) is 107 Å². The van der Waals surface area contributed by atoms with Crippen molar-refractivity contribution in [3.63, 3.8) is 0 Å². The molecule has 0 saturated carbocycles. The molecule has 0 bridgehead atoms. The second kappa shape index (κ2) is 14.5. The van der Waals surface area contributed by atoms with E-state index >= 15 is 0 Å². The summed E-state index contributed by atoms with van der Waals surface area (Å²) >= 11 is 1.46. The molecule has 0 fully saturated rings. The van der Waals surface area contributed by atoms with Crippen LogP contribution in [0.3, 0.4) is 0 Å². The van der Waals surface area contributed by atoms with Gasteiger partial charge in [0.05, 0.1) is 0 Å². The Bertz CT molecular complexity index is 1330. The number of amides is 1. The molecular weight excluding hydrogens is 540 g/mol. The zero-order chi connectivity index (χ0) is 30.2. The van der Waals surface area contributed by atoms with E-state index in [0.29, 0.717) is 34.6 Å². The van der Waals surface area contributed by atoms with Crippen molar-refractivity contribution in [1.29, 1.82) is 0 Å². The topological polar surface area (TPSA) is 108 Å². The number of ether oxygens (including phenoxy) is 2. The van der Waals surface area contributed by atoms with Gasteiger partial charge in [-0.25, -0.2) is 14.6 Å². The molecule has 3 aromatic rings. The number of para-hydroxylation sites is 2. The highest BCUT2D eigenvalue weighted by molar-refractivity contribution is 7.99. The molecule has 0 atom stereocenters. The quantitative estimate of drug-likeness (QED) is 0.123. The summed E-state index contributed by atoms with van der Waals surface area (Å²) < 4.78 is 16.2. The molecule has 0 unspecified atom stereocenters. The van der Waals surface area contributed by atoms with E-state index in [2.05, 4.69) is 56.2 Å². The second-order valence-electron chi connectivity index (χ2n) is 11.6. The minimum atomic E-state index is -0.677. The number of fused-ring (bicyclic) bond motifs is 1. The van der Waals surface area contributed by atoms with Crippen LogP contribution in [0.4, 0.5) is 5.69 Å². The minimum absolute atomic E-state index is 0.0395. The molecule has 1 aromatic heterocycles. The van der Waals surface area contributed by atoms with Crippen LogP contribution in [0.5, 0.6) is 0 Å². The SMILES string of the molecule is CC(C)c1cccc(C(C)C)c1NC(=O)CCCCCSc1nc2cccc(C(=O)OCC(=O)OC(C)(C)C)c2o1. The average Bonchev–Trinajstić information content (AvgIpc) is 3.31. The number of anilines is 1. The van der Waals surface area contributed by atoms with Crippen LogP contribution in [0.2, 0.25) is 0 Å². The van der Waals surface area contributed by atoms with Crippen molar-refractivity contribution < 1.29 is 28.3 Å². The Morgan fingerprint density at radius 1 is 0.951 bits per heavy atom. The Hall–Kier alpha value is -3.33. The molecule has 0 saturated heterocycles.